The van der Waals surface area contributed by atoms with Crippen LogP contribution in [0, 0.1) is 5.92 Å². The molecular weight excluding hydrogens is 284 g/mol. The number of amides is 1. The molecule has 1 saturated heterocycles. The van der Waals surface area contributed by atoms with E-state index in [0.29, 0.717) is 11.4 Å². The molecule has 0 spiro atoms. The molecule has 1 aliphatic rings. The van der Waals surface area contributed by atoms with Crippen LogP contribution >= 0.6 is 0 Å². The number of carboxylic acid groups (broad SMARTS) is 1. The van der Waals surface area contributed by atoms with Crippen molar-refractivity contribution < 1.29 is 23.1 Å². The first-order valence-corrected chi connectivity index (χ1v) is 7.76. The van der Waals surface area contributed by atoms with Crippen LogP contribution in [0.5, 0.6) is 0 Å². The van der Waals surface area contributed by atoms with E-state index in [9.17, 15) is 18.0 Å². The zero-order valence-electron chi connectivity index (χ0n) is 10.7. The van der Waals surface area contributed by atoms with Crippen LogP contribution in [0.15, 0.2) is 24.3 Å². The van der Waals surface area contributed by atoms with Crippen molar-refractivity contribution in [2.45, 2.75) is 6.42 Å². The third-order valence-corrected chi connectivity index (χ3v) is 3.56. The second-order valence-corrected chi connectivity index (χ2v) is 6.41. The summed E-state index contributed by atoms with van der Waals surface area (Å²) in [6.45, 7) is 0.132. The first-order valence-electron chi connectivity index (χ1n) is 5.87. The number of hydrogen-bond donors (Lipinski definition) is 2. The van der Waals surface area contributed by atoms with Crippen LogP contribution < -0.4 is 9.62 Å². The molecule has 0 radical (unpaired) electrons. The van der Waals surface area contributed by atoms with Gasteiger partial charge in [-0.3, -0.25) is 14.3 Å². The van der Waals surface area contributed by atoms with Crippen LogP contribution in [0.3, 0.4) is 0 Å². The summed E-state index contributed by atoms with van der Waals surface area (Å²) in [6.07, 6.45) is 1.03. The van der Waals surface area contributed by atoms with Crippen molar-refractivity contribution in [3.8, 4) is 0 Å². The van der Waals surface area contributed by atoms with Gasteiger partial charge in [-0.1, -0.05) is 0 Å². The number of carboxylic acids is 1. The monoisotopic (exact) mass is 298 g/mol. The normalized spacial score (nSPS) is 19.1. The minimum absolute atomic E-state index is 0.0152. The third-order valence-electron chi connectivity index (χ3n) is 2.96. The van der Waals surface area contributed by atoms with E-state index < -0.39 is 21.9 Å². The maximum absolute atomic E-state index is 11.8. The predicted octanol–water partition coefficient (Wildman–Crippen LogP) is 0.496. The van der Waals surface area contributed by atoms with Crippen LogP contribution in [-0.2, 0) is 19.6 Å². The van der Waals surface area contributed by atoms with E-state index in [1.54, 1.807) is 12.1 Å². The van der Waals surface area contributed by atoms with E-state index in [2.05, 4.69) is 4.72 Å². The van der Waals surface area contributed by atoms with Gasteiger partial charge in [0.05, 0.1) is 12.2 Å². The molecule has 108 valence electrons. The molecule has 1 aliphatic heterocycles. The summed E-state index contributed by atoms with van der Waals surface area (Å²) in [6, 6.07) is 6.21. The molecule has 0 saturated carbocycles. The highest BCUT2D eigenvalue weighted by Crippen LogP contribution is 2.26. The number of aliphatic carboxylic acids is 1. The summed E-state index contributed by atoms with van der Waals surface area (Å²) in [7, 11) is -3.35. The average Bonchev–Trinajstić information content (AvgIpc) is 2.70. The lowest BCUT2D eigenvalue weighted by atomic mass is 10.1. The molecule has 7 nitrogen and oxygen atoms in total. The predicted molar refractivity (Wildman–Crippen MR) is 73.0 cm³/mol. The van der Waals surface area contributed by atoms with E-state index in [1.165, 1.54) is 17.0 Å². The van der Waals surface area contributed by atoms with Gasteiger partial charge in [0.2, 0.25) is 15.9 Å². The fourth-order valence-electron chi connectivity index (χ4n) is 2.05. The van der Waals surface area contributed by atoms with Crippen LogP contribution in [-0.4, -0.2) is 38.2 Å². The second kappa shape index (κ2) is 5.12. The Labute approximate surface area is 116 Å². The Balaban J connectivity index is 2.15. The lowest BCUT2D eigenvalue weighted by molar-refractivity contribution is -0.141. The number of benzene rings is 1. The molecule has 1 unspecified atom stereocenters. The molecule has 2 N–H and O–H groups in total. The van der Waals surface area contributed by atoms with Gasteiger partial charge in [-0.2, -0.15) is 0 Å². The van der Waals surface area contributed by atoms with Gasteiger partial charge in [0.15, 0.2) is 0 Å². The number of rotatable bonds is 4. The first-order chi connectivity index (χ1) is 9.26. The number of carbonyl (C=O) groups is 2. The van der Waals surface area contributed by atoms with Crippen molar-refractivity contribution in [2.24, 2.45) is 5.92 Å². The Kier molecular flexibility index (Phi) is 3.67. The van der Waals surface area contributed by atoms with Crippen molar-refractivity contribution in [3.05, 3.63) is 24.3 Å². The fraction of sp³-hybridized carbons (Fsp3) is 0.333. The van der Waals surface area contributed by atoms with Gasteiger partial charge >= 0.3 is 5.97 Å². The first kappa shape index (κ1) is 14.3. The van der Waals surface area contributed by atoms with Gasteiger partial charge in [0.25, 0.3) is 0 Å². The molecular formula is C12H14N2O5S. The van der Waals surface area contributed by atoms with E-state index in [0.717, 1.165) is 6.26 Å². The molecule has 1 amide bonds. The Bertz CT molecular complexity index is 638. The minimum Gasteiger partial charge on any atom is -0.481 e. The number of carbonyl (C=O) groups excluding carboxylic acids is 1. The highest BCUT2D eigenvalue weighted by Gasteiger charge is 2.34. The standard InChI is InChI=1S/C12H14N2O5S/c1-20(18,19)13-9-2-4-10(5-3-9)14-7-8(12(16)17)6-11(14)15/h2-5,8,13H,6-7H2,1H3,(H,16,17). The zero-order valence-corrected chi connectivity index (χ0v) is 11.6. The van der Waals surface area contributed by atoms with Gasteiger partial charge in [0, 0.05) is 24.3 Å². The zero-order chi connectivity index (χ0) is 14.9. The van der Waals surface area contributed by atoms with Gasteiger partial charge < -0.3 is 10.0 Å². The lowest BCUT2D eigenvalue weighted by Crippen LogP contribution is -2.25. The van der Waals surface area contributed by atoms with Gasteiger partial charge in [-0.05, 0) is 24.3 Å². The van der Waals surface area contributed by atoms with Gasteiger partial charge in [-0.15, -0.1) is 0 Å². The summed E-state index contributed by atoms with van der Waals surface area (Å²) in [5.74, 6) is -1.94. The van der Waals surface area contributed by atoms with Crippen molar-refractivity contribution in [1.82, 2.24) is 0 Å². The largest absolute Gasteiger partial charge is 0.481 e. The molecule has 2 rings (SSSR count). The molecule has 1 fully saturated rings. The number of anilines is 2. The lowest BCUT2D eigenvalue weighted by Gasteiger charge is -2.16. The molecule has 8 heteroatoms. The number of nitrogens with zero attached hydrogens (tertiary/aromatic N) is 1. The van der Waals surface area contributed by atoms with Crippen molar-refractivity contribution in [3.63, 3.8) is 0 Å². The molecule has 0 aromatic heterocycles. The molecule has 1 atom stereocenters. The summed E-state index contributed by atoms with van der Waals surface area (Å²) in [4.78, 5) is 24.0. The maximum atomic E-state index is 11.8. The molecule has 20 heavy (non-hydrogen) atoms. The number of nitrogens with one attached hydrogen (secondary N) is 1. The molecule has 1 aromatic rings. The second-order valence-electron chi connectivity index (χ2n) is 4.66. The topological polar surface area (TPSA) is 104 Å². The highest BCUT2D eigenvalue weighted by molar-refractivity contribution is 7.92. The molecule has 0 bridgehead atoms. The van der Waals surface area contributed by atoms with E-state index in [-0.39, 0.29) is 18.9 Å². The highest BCUT2D eigenvalue weighted by atomic mass is 32.2. The van der Waals surface area contributed by atoms with Gasteiger partial charge in [0.1, 0.15) is 0 Å². The van der Waals surface area contributed by atoms with Crippen LogP contribution in [0.25, 0.3) is 0 Å². The number of hydrogen-bond acceptors (Lipinski definition) is 4. The Morgan fingerprint density at radius 3 is 2.40 bits per heavy atom. The number of sulfonamides is 1. The summed E-state index contributed by atoms with van der Waals surface area (Å²) < 4.78 is 24.5. The van der Waals surface area contributed by atoms with E-state index in [1.807, 2.05) is 0 Å². The Morgan fingerprint density at radius 1 is 1.35 bits per heavy atom. The van der Waals surface area contributed by atoms with Crippen LogP contribution in [0.2, 0.25) is 0 Å². The van der Waals surface area contributed by atoms with Gasteiger partial charge in [-0.25, -0.2) is 8.42 Å². The van der Waals surface area contributed by atoms with Crippen molar-refractivity contribution in [2.75, 3.05) is 22.4 Å². The smallest absolute Gasteiger partial charge is 0.308 e. The SMILES string of the molecule is CS(=O)(=O)Nc1ccc(N2CC(C(=O)O)CC2=O)cc1. The maximum Gasteiger partial charge on any atom is 0.308 e. The average molecular weight is 298 g/mol. The fourth-order valence-corrected chi connectivity index (χ4v) is 2.61. The Hall–Kier alpha value is -2.09. The summed E-state index contributed by atoms with van der Waals surface area (Å²) >= 11 is 0. The van der Waals surface area contributed by atoms with Crippen LogP contribution in [0.4, 0.5) is 11.4 Å². The quantitative estimate of drug-likeness (QED) is 0.842. The molecule has 0 aliphatic carbocycles. The van der Waals surface area contributed by atoms with Crippen molar-refractivity contribution >= 4 is 33.3 Å². The van der Waals surface area contributed by atoms with E-state index >= 15 is 0 Å². The Morgan fingerprint density at radius 2 is 1.95 bits per heavy atom. The van der Waals surface area contributed by atoms with Crippen molar-refractivity contribution in [1.29, 1.82) is 0 Å². The summed E-state index contributed by atoms with van der Waals surface area (Å²) in [5.41, 5.74) is 0.940. The molecule has 1 aromatic carbocycles. The van der Waals surface area contributed by atoms with E-state index in [4.69, 9.17) is 5.11 Å². The minimum atomic E-state index is -3.35. The van der Waals surface area contributed by atoms with Crippen LogP contribution in [0.1, 0.15) is 6.42 Å². The summed E-state index contributed by atoms with van der Waals surface area (Å²) in [5, 5.41) is 8.91. The third kappa shape index (κ3) is 3.27. The molecule has 1 heterocycles.